The maximum absolute atomic E-state index is 13.1. The minimum absolute atomic E-state index is 0.167. The lowest BCUT2D eigenvalue weighted by Gasteiger charge is -2.59. The lowest BCUT2D eigenvalue weighted by Crippen LogP contribution is -2.58. The van der Waals surface area contributed by atoms with Gasteiger partial charge in [0.2, 0.25) is 0 Å². The Morgan fingerprint density at radius 3 is 2.43 bits per heavy atom. The van der Waals surface area contributed by atoms with Crippen LogP contribution < -0.4 is 0 Å². The van der Waals surface area contributed by atoms with Gasteiger partial charge >= 0.3 is 0 Å². The fourth-order valence-electron chi connectivity index (χ4n) is 8.13. The van der Waals surface area contributed by atoms with Gasteiger partial charge in [-0.05, 0) is 72.5 Å². The van der Waals surface area contributed by atoms with Crippen LogP contribution in [-0.2, 0) is 14.4 Å². The van der Waals surface area contributed by atoms with E-state index in [0.29, 0.717) is 47.8 Å². The molecule has 0 amide bonds. The van der Waals surface area contributed by atoms with Crippen molar-refractivity contribution in [3.05, 3.63) is 12.2 Å². The molecule has 4 aliphatic carbocycles. The van der Waals surface area contributed by atoms with Gasteiger partial charge in [-0.3, -0.25) is 14.4 Å². The molecule has 28 heavy (non-hydrogen) atoms. The Kier molecular flexibility index (Phi) is 4.95. The monoisotopic (exact) mass is 384 g/mol. The third kappa shape index (κ3) is 2.79. The Bertz CT molecular complexity index is 721. The van der Waals surface area contributed by atoms with Crippen LogP contribution in [0.1, 0.15) is 79.1 Å². The molecular weight excluding hydrogens is 348 g/mol. The highest BCUT2D eigenvalue weighted by molar-refractivity contribution is 6.38. The first-order valence-corrected chi connectivity index (χ1v) is 11.5. The SMILES string of the molecule is CC/C=C\[C@@H](C)[C@H]1CCC2C3CC(=O)[C@H]4CC(=O)C(=O)C[C@]4(C)C3CC[C@@]21C. The molecule has 0 radical (unpaired) electrons. The van der Waals surface area contributed by atoms with E-state index in [1.165, 1.54) is 19.3 Å². The van der Waals surface area contributed by atoms with Gasteiger partial charge in [0.05, 0.1) is 0 Å². The van der Waals surface area contributed by atoms with Crippen LogP contribution in [0.4, 0.5) is 0 Å². The normalized spacial score (nSPS) is 47.0. The minimum Gasteiger partial charge on any atom is -0.299 e. The zero-order valence-corrected chi connectivity index (χ0v) is 18.0. The summed E-state index contributed by atoms with van der Waals surface area (Å²) in [6.07, 6.45) is 11.7. The summed E-state index contributed by atoms with van der Waals surface area (Å²) in [5, 5.41) is 0. The molecule has 0 aliphatic heterocycles. The van der Waals surface area contributed by atoms with Gasteiger partial charge < -0.3 is 0 Å². The molecule has 0 aromatic carbocycles. The van der Waals surface area contributed by atoms with E-state index < -0.39 is 0 Å². The van der Waals surface area contributed by atoms with Crippen molar-refractivity contribution in [1.82, 2.24) is 0 Å². The molecule has 3 heteroatoms. The number of fused-ring (bicyclic) bond motifs is 5. The predicted octanol–water partition coefficient (Wildman–Crippen LogP) is 5.17. The van der Waals surface area contributed by atoms with Crippen molar-refractivity contribution in [2.75, 3.05) is 0 Å². The van der Waals surface area contributed by atoms with Gasteiger partial charge in [0.1, 0.15) is 5.78 Å². The zero-order valence-electron chi connectivity index (χ0n) is 18.0. The third-order valence-corrected chi connectivity index (χ3v) is 9.53. The van der Waals surface area contributed by atoms with Gasteiger partial charge in [0, 0.05) is 25.2 Å². The zero-order chi connectivity index (χ0) is 20.3. The maximum Gasteiger partial charge on any atom is 0.199 e. The van der Waals surface area contributed by atoms with Crippen molar-refractivity contribution in [3.63, 3.8) is 0 Å². The highest BCUT2D eigenvalue weighted by atomic mass is 16.2. The smallest absolute Gasteiger partial charge is 0.199 e. The van der Waals surface area contributed by atoms with Crippen LogP contribution in [0, 0.1) is 46.3 Å². The van der Waals surface area contributed by atoms with Crippen molar-refractivity contribution >= 4 is 17.3 Å². The summed E-state index contributed by atoms with van der Waals surface area (Å²) in [7, 11) is 0. The molecule has 0 saturated heterocycles. The van der Waals surface area contributed by atoms with E-state index in [-0.39, 0.29) is 35.1 Å². The van der Waals surface area contributed by atoms with E-state index in [0.717, 1.165) is 12.8 Å². The summed E-state index contributed by atoms with van der Waals surface area (Å²) < 4.78 is 0. The molecule has 0 aromatic rings. The molecule has 0 bridgehead atoms. The molecule has 3 unspecified atom stereocenters. The number of ketones is 3. The van der Waals surface area contributed by atoms with Crippen molar-refractivity contribution in [2.45, 2.75) is 79.1 Å². The Labute approximate surface area is 169 Å². The molecule has 4 fully saturated rings. The summed E-state index contributed by atoms with van der Waals surface area (Å²) in [5.41, 5.74) is 0.00871. The molecule has 0 aromatic heterocycles. The van der Waals surface area contributed by atoms with Gasteiger partial charge in [-0.2, -0.15) is 0 Å². The molecule has 154 valence electrons. The van der Waals surface area contributed by atoms with Gasteiger partial charge in [-0.25, -0.2) is 0 Å². The van der Waals surface area contributed by atoms with Gasteiger partial charge in [-0.15, -0.1) is 0 Å². The lowest BCUT2D eigenvalue weighted by molar-refractivity contribution is -0.163. The minimum atomic E-state index is -0.313. The summed E-state index contributed by atoms with van der Waals surface area (Å²) >= 11 is 0. The first-order chi connectivity index (χ1) is 13.2. The van der Waals surface area contributed by atoms with Gasteiger partial charge in [0.15, 0.2) is 11.6 Å². The van der Waals surface area contributed by atoms with Crippen molar-refractivity contribution in [2.24, 2.45) is 46.3 Å². The molecule has 4 saturated carbocycles. The van der Waals surface area contributed by atoms with E-state index >= 15 is 0 Å². The highest BCUT2D eigenvalue weighted by Crippen LogP contribution is 2.67. The van der Waals surface area contributed by atoms with Crippen molar-refractivity contribution < 1.29 is 14.4 Å². The number of hydrogen-bond acceptors (Lipinski definition) is 3. The van der Waals surface area contributed by atoms with Crippen LogP contribution in [0.5, 0.6) is 0 Å². The summed E-state index contributed by atoms with van der Waals surface area (Å²) in [4.78, 5) is 37.4. The van der Waals surface area contributed by atoms with Crippen LogP contribution >= 0.6 is 0 Å². The molecule has 0 spiro atoms. The maximum atomic E-state index is 13.1. The predicted molar refractivity (Wildman–Crippen MR) is 110 cm³/mol. The second-order valence-electron chi connectivity index (χ2n) is 10.8. The molecule has 4 aliphatic rings. The van der Waals surface area contributed by atoms with Crippen molar-refractivity contribution in [1.29, 1.82) is 0 Å². The standard InChI is InChI=1S/C25H36O3/c1-5-6-7-15(2)17-8-9-18-16-12-21(26)20-13-22(27)23(28)14-25(20,4)19(16)10-11-24(17,18)3/h6-7,15-20H,5,8-14H2,1-4H3/b7-6-/t15-,16?,17-,18?,19?,20-,24-,25-/m1/s1. The van der Waals surface area contributed by atoms with Crippen LogP contribution in [-0.4, -0.2) is 17.3 Å². The van der Waals surface area contributed by atoms with Crippen molar-refractivity contribution in [3.8, 4) is 0 Å². The topological polar surface area (TPSA) is 51.2 Å². The summed E-state index contributed by atoms with van der Waals surface area (Å²) in [6.45, 7) is 9.19. The van der Waals surface area contributed by atoms with E-state index in [9.17, 15) is 14.4 Å². The largest absolute Gasteiger partial charge is 0.299 e. The Morgan fingerprint density at radius 1 is 1.00 bits per heavy atom. The Hall–Kier alpha value is -1.25. The molecule has 8 atom stereocenters. The number of carbonyl (C=O) groups excluding carboxylic acids is 3. The summed E-state index contributed by atoms with van der Waals surface area (Å²) in [6, 6.07) is 0. The number of carbonyl (C=O) groups is 3. The highest BCUT2D eigenvalue weighted by Gasteiger charge is 2.63. The fraction of sp³-hybridized carbons (Fsp3) is 0.800. The first-order valence-electron chi connectivity index (χ1n) is 11.5. The molecular formula is C25H36O3. The molecule has 4 rings (SSSR count). The third-order valence-electron chi connectivity index (χ3n) is 9.53. The molecule has 0 N–H and O–H groups in total. The van der Waals surface area contributed by atoms with Crippen LogP contribution in [0.3, 0.4) is 0 Å². The molecule has 3 nitrogen and oxygen atoms in total. The van der Waals surface area contributed by atoms with Crippen LogP contribution in [0.25, 0.3) is 0 Å². The number of allylic oxidation sites excluding steroid dienone is 2. The average molecular weight is 385 g/mol. The number of rotatable bonds is 3. The second kappa shape index (κ2) is 6.92. The Morgan fingerprint density at radius 2 is 1.71 bits per heavy atom. The van der Waals surface area contributed by atoms with Gasteiger partial charge in [-0.1, -0.05) is 39.8 Å². The number of hydrogen-bond donors (Lipinski definition) is 0. The number of Topliss-reactive ketones (excluding diaryl/α,β-unsaturated/α-hetero) is 3. The van der Waals surface area contributed by atoms with E-state index in [2.05, 4.69) is 39.8 Å². The first kappa shape index (κ1) is 20.0. The van der Waals surface area contributed by atoms with E-state index in [1.807, 2.05) is 0 Å². The Balaban J connectivity index is 1.63. The van der Waals surface area contributed by atoms with E-state index in [4.69, 9.17) is 0 Å². The van der Waals surface area contributed by atoms with Crippen LogP contribution in [0.2, 0.25) is 0 Å². The quantitative estimate of drug-likeness (QED) is 0.498. The van der Waals surface area contributed by atoms with Crippen LogP contribution in [0.15, 0.2) is 12.2 Å². The fourth-order valence-corrected chi connectivity index (χ4v) is 8.13. The summed E-state index contributed by atoms with van der Waals surface area (Å²) in [5.74, 6) is 2.19. The average Bonchev–Trinajstić information content (AvgIpc) is 2.99. The molecule has 0 heterocycles. The second-order valence-corrected chi connectivity index (χ2v) is 10.8. The van der Waals surface area contributed by atoms with Gasteiger partial charge in [0.25, 0.3) is 0 Å². The van der Waals surface area contributed by atoms with E-state index in [1.54, 1.807) is 0 Å². The lowest BCUT2D eigenvalue weighted by atomic mass is 9.44.